The highest BCUT2D eigenvalue weighted by Crippen LogP contribution is 2.12. The van der Waals surface area contributed by atoms with Crippen LogP contribution in [0.25, 0.3) is 0 Å². The Bertz CT molecular complexity index is 342. The van der Waals surface area contributed by atoms with Crippen molar-refractivity contribution in [2.24, 2.45) is 0 Å². The topological polar surface area (TPSA) is 99.1 Å². The Labute approximate surface area is 122 Å². The largest absolute Gasteiger partial charge is 0.480 e. The highest BCUT2D eigenvalue weighted by atomic mass is 32.2. The normalized spacial score (nSPS) is 24.2. The van der Waals surface area contributed by atoms with Crippen molar-refractivity contribution in [3.63, 3.8) is 0 Å². The van der Waals surface area contributed by atoms with Gasteiger partial charge < -0.3 is 25.2 Å². The van der Waals surface area contributed by atoms with Crippen LogP contribution in [0.3, 0.4) is 0 Å². The second-order valence-corrected chi connectivity index (χ2v) is 5.75. The lowest BCUT2D eigenvalue weighted by Crippen LogP contribution is -2.57. The molecule has 0 aromatic carbocycles. The van der Waals surface area contributed by atoms with E-state index < -0.39 is 24.1 Å². The molecule has 20 heavy (non-hydrogen) atoms. The van der Waals surface area contributed by atoms with E-state index in [9.17, 15) is 9.59 Å². The molecule has 3 N–H and O–H groups in total. The molecule has 0 saturated carbocycles. The summed E-state index contributed by atoms with van der Waals surface area (Å²) in [5.41, 5.74) is 0. The zero-order chi connectivity index (χ0) is 15.1. The van der Waals surface area contributed by atoms with Crippen LogP contribution in [0.2, 0.25) is 0 Å². The molecule has 1 fully saturated rings. The molecule has 7 nitrogen and oxygen atoms in total. The van der Waals surface area contributed by atoms with Crippen molar-refractivity contribution in [3.8, 4) is 0 Å². The zero-order valence-electron chi connectivity index (χ0n) is 11.7. The standard InChI is InChI=1S/C12H22N2O5S/c1-8-7-19-9(6-15)5-14(8)12(18)13-10(11(16)17)3-4-20-2/h8-10,15H,3-7H2,1-2H3,(H,13,18)(H,16,17). The molecule has 3 unspecified atom stereocenters. The molecule has 1 aliphatic rings. The van der Waals surface area contributed by atoms with Gasteiger partial charge in [-0.2, -0.15) is 11.8 Å². The molecule has 0 bridgehead atoms. The molecular weight excluding hydrogens is 284 g/mol. The first-order valence-corrected chi connectivity index (χ1v) is 7.90. The van der Waals surface area contributed by atoms with E-state index in [1.807, 2.05) is 13.2 Å². The molecule has 0 aromatic rings. The van der Waals surface area contributed by atoms with E-state index in [0.29, 0.717) is 18.8 Å². The molecule has 1 aliphatic heterocycles. The van der Waals surface area contributed by atoms with Gasteiger partial charge in [-0.3, -0.25) is 0 Å². The van der Waals surface area contributed by atoms with E-state index in [0.717, 1.165) is 0 Å². The first kappa shape index (κ1) is 17.1. The number of carboxylic acid groups (broad SMARTS) is 1. The van der Waals surface area contributed by atoms with Crippen LogP contribution in [-0.4, -0.2) is 77.1 Å². The average Bonchev–Trinajstić information content (AvgIpc) is 2.43. The van der Waals surface area contributed by atoms with Crippen LogP contribution in [0.15, 0.2) is 0 Å². The van der Waals surface area contributed by atoms with Gasteiger partial charge in [-0.1, -0.05) is 0 Å². The third-order valence-electron chi connectivity index (χ3n) is 3.18. The summed E-state index contributed by atoms with van der Waals surface area (Å²) in [6, 6.07) is -1.46. The molecule has 0 radical (unpaired) electrons. The molecule has 8 heteroatoms. The van der Waals surface area contributed by atoms with Crippen LogP contribution in [0.4, 0.5) is 4.79 Å². The molecule has 0 aromatic heterocycles. The zero-order valence-corrected chi connectivity index (χ0v) is 12.6. The van der Waals surface area contributed by atoms with Gasteiger partial charge in [0.1, 0.15) is 6.04 Å². The van der Waals surface area contributed by atoms with Gasteiger partial charge in [0.05, 0.1) is 31.9 Å². The number of thioether (sulfide) groups is 1. The van der Waals surface area contributed by atoms with Gasteiger partial charge in [0.25, 0.3) is 0 Å². The fourth-order valence-electron chi connectivity index (χ4n) is 1.94. The van der Waals surface area contributed by atoms with Crippen molar-refractivity contribution in [1.29, 1.82) is 0 Å². The predicted octanol–water partition coefficient (Wildman–Crippen LogP) is -0.0161. The molecule has 1 saturated heterocycles. The third-order valence-corrected chi connectivity index (χ3v) is 3.82. The highest BCUT2D eigenvalue weighted by Gasteiger charge is 2.31. The molecule has 116 valence electrons. The lowest BCUT2D eigenvalue weighted by atomic mass is 10.2. The van der Waals surface area contributed by atoms with Gasteiger partial charge in [-0.25, -0.2) is 9.59 Å². The van der Waals surface area contributed by atoms with E-state index in [4.69, 9.17) is 14.9 Å². The molecule has 1 rings (SSSR count). The van der Waals surface area contributed by atoms with Crippen molar-refractivity contribution in [2.75, 3.05) is 31.8 Å². The number of amides is 2. The van der Waals surface area contributed by atoms with E-state index in [1.54, 1.807) is 0 Å². The van der Waals surface area contributed by atoms with Gasteiger partial charge in [-0.05, 0) is 25.4 Å². The van der Waals surface area contributed by atoms with Crippen LogP contribution in [0, 0.1) is 0 Å². The van der Waals surface area contributed by atoms with Crippen LogP contribution in [0.5, 0.6) is 0 Å². The Balaban J connectivity index is 2.59. The summed E-state index contributed by atoms with van der Waals surface area (Å²) in [4.78, 5) is 24.8. The SMILES string of the molecule is CSCCC(NC(=O)N1CC(CO)OCC1C)C(=O)O. The Morgan fingerprint density at radius 2 is 2.25 bits per heavy atom. The Kier molecular flexibility index (Phi) is 7.11. The van der Waals surface area contributed by atoms with Crippen molar-refractivity contribution in [1.82, 2.24) is 10.2 Å². The fraction of sp³-hybridized carbons (Fsp3) is 0.833. The number of carbonyl (C=O) groups is 2. The van der Waals surface area contributed by atoms with Crippen molar-refractivity contribution in [2.45, 2.75) is 31.5 Å². The number of ether oxygens (including phenoxy) is 1. The number of carbonyl (C=O) groups excluding carboxylic acids is 1. The molecule has 0 spiro atoms. The first-order chi connectivity index (χ1) is 9.49. The van der Waals surface area contributed by atoms with E-state index in [1.165, 1.54) is 16.7 Å². The minimum absolute atomic E-state index is 0.146. The van der Waals surface area contributed by atoms with Gasteiger partial charge in [0, 0.05) is 0 Å². The molecule has 2 amide bonds. The monoisotopic (exact) mass is 306 g/mol. The summed E-state index contributed by atoms with van der Waals surface area (Å²) in [5.74, 6) is -0.373. The van der Waals surface area contributed by atoms with Crippen molar-refractivity contribution >= 4 is 23.8 Å². The number of nitrogens with zero attached hydrogens (tertiary/aromatic N) is 1. The smallest absolute Gasteiger partial charge is 0.326 e. The first-order valence-electron chi connectivity index (χ1n) is 6.51. The van der Waals surface area contributed by atoms with Crippen LogP contribution in [-0.2, 0) is 9.53 Å². The van der Waals surface area contributed by atoms with Crippen LogP contribution in [0.1, 0.15) is 13.3 Å². The van der Waals surface area contributed by atoms with Gasteiger partial charge in [0.2, 0.25) is 0 Å². The van der Waals surface area contributed by atoms with E-state index in [2.05, 4.69) is 5.32 Å². The summed E-state index contributed by atoms with van der Waals surface area (Å²) in [6.07, 6.45) is 1.85. The van der Waals surface area contributed by atoms with Crippen LogP contribution >= 0.6 is 11.8 Å². The fourth-order valence-corrected chi connectivity index (χ4v) is 2.41. The summed E-state index contributed by atoms with van der Waals surface area (Å²) in [6.45, 7) is 2.26. The number of morpholine rings is 1. The van der Waals surface area contributed by atoms with E-state index >= 15 is 0 Å². The molecule has 0 aliphatic carbocycles. The van der Waals surface area contributed by atoms with E-state index in [-0.39, 0.29) is 19.2 Å². The number of aliphatic carboxylic acids is 1. The Morgan fingerprint density at radius 1 is 1.55 bits per heavy atom. The van der Waals surface area contributed by atoms with Crippen molar-refractivity contribution < 1.29 is 24.5 Å². The number of aliphatic hydroxyl groups excluding tert-OH is 1. The number of nitrogens with one attached hydrogen (secondary N) is 1. The lowest BCUT2D eigenvalue weighted by molar-refractivity contribution is -0.139. The number of aliphatic hydroxyl groups is 1. The maximum Gasteiger partial charge on any atom is 0.326 e. The molecule has 3 atom stereocenters. The number of hydrogen-bond donors (Lipinski definition) is 3. The minimum atomic E-state index is -1.04. The van der Waals surface area contributed by atoms with Gasteiger partial charge in [-0.15, -0.1) is 0 Å². The number of hydrogen-bond acceptors (Lipinski definition) is 5. The highest BCUT2D eigenvalue weighted by molar-refractivity contribution is 7.98. The third kappa shape index (κ3) is 4.84. The Hall–Kier alpha value is -0.990. The second-order valence-electron chi connectivity index (χ2n) is 4.76. The average molecular weight is 306 g/mol. The number of rotatable bonds is 6. The minimum Gasteiger partial charge on any atom is -0.480 e. The maximum absolute atomic E-state index is 12.2. The lowest BCUT2D eigenvalue weighted by Gasteiger charge is -2.37. The van der Waals surface area contributed by atoms with Crippen molar-refractivity contribution in [3.05, 3.63) is 0 Å². The summed E-state index contributed by atoms with van der Waals surface area (Å²) >= 11 is 1.53. The number of urea groups is 1. The summed E-state index contributed by atoms with van der Waals surface area (Å²) in [7, 11) is 0. The summed E-state index contributed by atoms with van der Waals surface area (Å²) < 4.78 is 5.35. The maximum atomic E-state index is 12.2. The Morgan fingerprint density at radius 3 is 2.80 bits per heavy atom. The van der Waals surface area contributed by atoms with Gasteiger partial charge in [0.15, 0.2) is 0 Å². The number of carboxylic acids is 1. The van der Waals surface area contributed by atoms with Crippen LogP contribution < -0.4 is 5.32 Å². The summed E-state index contributed by atoms with van der Waals surface area (Å²) in [5, 5.41) is 20.7. The molecular formula is C12H22N2O5S. The van der Waals surface area contributed by atoms with Gasteiger partial charge >= 0.3 is 12.0 Å². The molecule has 1 heterocycles. The second kappa shape index (κ2) is 8.33. The predicted molar refractivity (Wildman–Crippen MR) is 75.9 cm³/mol. The quantitative estimate of drug-likeness (QED) is 0.638.